The zero-order valence-corrected chi connectivity index (χ0v) is 15.9. The molecular formula is C22H19F3N2O2. The molecule has 0 atom stereocenters. The van der Waals surface area contributed by atoms with Crippen molar-refractivity contribution in [2.75, 3.05) is 12.0 Å². The third-order valence-electron chi connectivity index (χ3n) is 4.32. The summed E-state index contributed by atoms with van der Waals surface area (Å²) in [5.74, 6) is -2.57. The van der Waals surface area contributed by atoms with E-state index in [4.69, 9.17) is 0 Å². The predicted octanol–water partition coefficient (Wildman–Crippen LogP) is 4.51. The molecule has 1 N–H and O–H groups in total. The van der Waals surface area contributed by atoms with Crippen molar-refractivity contribution in [1.82, 2.24) is 4.57 Å². The van der Waals surface area contributed by atoms with Gasteiger partial charge in [-0.25, -0.2) is 13.2 Å². The average Bonchev–Trinajstić information content (AvgIpc) is 2.68. The monoisotopic (exact) mass is 400 g/mol. The number of carbonyl (C=O) groups is 1. The highest BCUT2D eigenvalue weighted by atomic mass is 19.1. The summed E-state index contributed by atoms with van der Waals surface area (Å²) in [6, 6.07) is 13.5. The largest absolute Gasteiger partial charge is 0.363 e. The van der Waals surface area contributed by atoms with E-state index in [-0.39, 0.29) is 16.9 Å². The number of alkyl halides is 1. The number of nitrogens with zero attached hydrogens (tertiary/aromatic N) is 1. The van der Waals surface area contributed by atoms with E-state index in [1.807, 2.05) is 0 Å². The zero-order valence-electron chi connectivity index (χ0n) is 15.9. The van der Waals surface area contributed by atoms with Crippen molar-refractivity contribution < 1.29 is 18.0 Å². The molecule has 0 amide bonds. The van der Waals surface area contributed by atoms with Crippen LogP contribution in [0.1, 0.15) is 29.8 Å². The Morgan fingerprint density at radius 3 is 2.28 bits per heavy atom. The normalized spacial score (nSPS) is 11.3. The van der Waals surface area contributed by atoms with Crippen molar-refractivity contribution in [1.29, 1.82) is 0 Å². The standard InChI is InChI=1S/C22H19F3N2O2/c1-22(2,13-23)26-21-17(20(29)16-9-8-14(24)12-18(16)25)10-11-19(28)27(21)15-6-4-3-5-7-15/h3-12,26H,13H2,1-2H3. The van der Waals surface area contributed by atoms with Crippen molar-refractivity contribution in [3.05, 3.63) is 93.8 Å². The first kappa shape index (κ1) is 20.4. The van der Waals surface area contributed by atoms with Crippen molar-refractivity contribution in [2.45, 2.75) is 19.4 Å². The number of carbonyl (C=O) groups excluding carboxylic acids is 1. The molecule has 0 aliphatic rings. The molecule has 0 fully saturated rings. The molecule has 0 bridgehead atoms. The Bertz CT molecular complexity index is 1110. The Labute approximate surface area is 165 Å². The number of aromatic nitrogens is 1. The quantitative estimate of drug-likeness (QED) is 0.620. The number of benzene rings is 2. The van der Waals surface area contributed by atoms with E-state index in [1.54, 1.807) is 44.2 Å². The maximum Gasteiger partial charge on any atom is 0.256 e. The molecule has 0 aliphatic heterocycles. The van der Waals surface area contributed by atoms with Crippen LogP contribution in [0.5, 0.6) is 0 Å². The summed E-state index contributed by atoms with van der Waals surface area (Å²) in [6.07, 6.45) is 0. The van der Waals surface area contributed by atoms with Crippen LogP contribution >= 0.6 is 0 Å². The fourth-order valence-electron chi connectivity index (χ4n) is 2.85. The summed E-state index contributed by atoms with van der Waals surface area (Å²) < 4.78 is 42.2. The molecule has 7 heteroatoms. The molecule has 0 saturated carbocycles. The number of hydrogen-bond donors (Lipinski definition) is 1. The second-order valence-electron chi connectivity index (χ2n) is 7.20. The minimum absolute atomic E-state index is 0.0278. The van der Waals surface area contributed by atoms with Crippen LogP contribution in [0.25, 0.3) is 5.69 Å². The number of hydrogen-bond acceptors (Lipinski definition) is 3. The molecular weight excluding hydrogens is 381 g/mol. The van der Waals surface area contributed by atoms with Crippen LogP contribution in [0.2, 0.25) is 0 Å². The molecule has 0 saturated heterocycles. The number of nitrogens with one attached hydrogen (secondary N) is 1. The first-order valence-electron chi connectivity index (χ1n) is 8.89. The summed E-state index contributed by atoms with van der Waals surface area (Å²) in [7, 11) is 0. The number of rotatable bonds is 6. The van der Waals surface area contributed by atoms with Crippen molar-refractivity contribution >= 4 is 11.6 Å². The van der Waals surface area contributed by atoms with E-state index >= 15 is 0 Å². The highest BCUT2D eigenvalue weighted by molar-refractivity contribution is 6.12. The van der Waals surface area contributed by atoms with E-state index in [9.17, 15) is 22.8 Å². The van der Waals surface area contributed by atoms with Gasteiger partial charge in [-0.2, -0.15) is 0 Å². The lowest BCUT2D eigenvalue weighted by Crippen LogP contribution is -2.37. The number of pyridine rings is 1. The zero-order chi connectivity index (χ0) is 21.2. The summed E-state index contributed by atoms with van der Waals surface area (Å²) in [5, 5.41) is 2.90. The van der Waals surface area contributed by atoms with Crippen LogP contribution in [0.3, 0.4) is 0 Å². The van der Waals surface area contributed by atoms with Gasteiger partial charge in [0.05, 0.1) is 22.4 Å². The van der Waals surface area contributed by atoms with E-state index in [0.29, 0.717) is 11.8 Å². The van der Waals surface area contributed by atoms with Crippen molar-refractivity contribution in [3.63, 3.8) is 0 Å². The van der Waals surface area contributed by atoms with Crippen LogP contribution in [-0.4, -0.2) is 22.6 Å². The van der Waals surface area contributed by atoms with Gasteiger partial charge in [-0.15, -0.1) is 0 Å². The number of para-hydroxylation sites is 1. The fourth-order valence-corrected chi connectivity index (χ4v) is 2.85. The Balaban J connectivity index is 2.26. The molecule has 150 valence electrons. The number of ketones is 1. The molecule has 0 radical (unpaired) electrons. The molecule has 3 rings (SSSR count). The van der Waals surface area contributed by atoms with Gasteiger partial charge >= 0.3 is 0 Å². The first-order chi connectivity index (χ1) is 13.7. The molecule has 1 heterocycles. The summed E-state index contributed by atoms with van der Waals surface area (Å²) in [4.78, 5) is 25.7. The topological polar surface area (TPSA) is 51.1 Å². The van der Waals surface area contributed by atoms with Crippen LogP contribution < -0.4 is 10.9 Å². The lowest BCUT2D eigenvalue weighted by molar-refractivity contribution is 0.103. The van der Waals surface area contributed by atoms with Gasteiger partial charge in [-0.1, -0.05) is 18.2 Å². The Kier molecular flexibility index (Phi) is 5.59. The summed E-state index contributed by atoms with van der Waals surface area (Å²) in [6.45, 7) is 2.34. The Morgan fingerprint density at radius 2 is 1.66 bits per heavy atom. The van der Waals surface area contributed by atoms with E-state index in [1.165, 1.54) is 16.7 Å². The number of anilines is 1. The van der Waals surface area contributed by atoms with Crippen LogP contribution in [0, 0.1) is 11.6 Å². The van der Waals surface area contributed by atoms with Crippen molar-refractivity contribution in [3.8, 4) is 5.69 Å². The van der Waals surface area contributed by atoms with Gasteiger partial charge in [0.25, 0.3) is 5.56 Å². The molecule has 0 unspecified atom stereocenters. The van der Waals surface area contributed by atoms with Gasteiger partial charge < -0.3 is 5.32 Å². The van der Waals surface area contributed by atoms with E-state index < -0.39 is 35.2 Å². The molecule has 2 aromatic carbocycles. The summed E-state index contributed by atoms with van der Waals surface area (Å²) in [5.41, 5.74) is -1.51. The van der Waals surface area contributed by atoms with Gasteiger partial charge in [0, 0.05) is 12.1 Å². The second kappa shape index (κ2) is 7.95. The molecule has 29 heavy (non-hydrogen) atoms. The molecule has 0 spiro atoms. The maximum atomic E-state index is 14.2. The van der Waals surface area contributed by atoms with E-state index in [0.717, 1.165) is 12.1 Å². The Hall–Kier alpha value is -3.35. The molecule has 3 aromatic rings. The highest BCUT2D eigenvalue weighted by Gasteiger charge is 2.26. The Morgan fingerprint density at radius 1 is 1.00 bits per heavy atom. The van der Waals surface area contributed by atoms with Crippen LogP contribution in [-0.2, 0) is 0 Å². The molecule has 4 nitrogen and oxygen atoms in total. The maximum absolute atomic E-state index is 14.2. The van der Waals surface area contributed by atoms with Gasteiger partial charge in [-0.05, 0) is 44.2 Å². The first-order valence-corrected chi connectivity index (χ1v) is 8.89. The van der Waals surface area contributed by atoms with Gasteiger partial charge in [0.1, 0.15) is 24.1 Å². The van der Waals surface area contributed by atoms with E-state index in [2.05, 4.69) is 5.32 Å². The lowest BCUT2D eigenvalue weighted by atomic mass is 10.0. The minimum atomic E-state index is -1.11. The predicted molar refractivity (Wildman–Crippen MR) is 106 cm³/mol. The van der Waals surface area contributed by atoms with Crippen LogP contribution in [0.15, 0.2) is 65.5 Å². The third kappa shape index (κ3) is 4.23. The lowest BCUT2D eigenvalue weighted by Gasteiger charge is -2.27. The van der Waals surface area contributed by atoms with Gasteiger partial charge in [0.15, 0.2) is 5.78 Å². The smallest absolute Gasteiger partial charge is 0.256 e. The fraction of sp³-hybridized carbons (Fsp3) is 0.182. The third-order valence-corrected chi connectivity index (χ3v) is 4.32. The minimum Gasteiger partial charge on any atom is -0.363 e. The highest BCUT2D eigenvalue weighted by Crippen LogP contribution is 2.26. The number of halogens is 3. The van der Waals surface area contributed by atoms with Crippen LogP contribution in [0.4, 0.5) is 19.0 Å². The average molecular weight is 400 g/mol. The van der Waals surface area contributed by atoms with Gasteiger partial charge in [0.2, 0.25) is 0 Å². The summed E-state index contributed by atoms with van der Waals surface area (Å²) >= 11 is 0. The molecule has 1 aromatic heterocycles. The van der Waals surface area contributed by atoms with Crippen molar-refractivity contribution in [2.24, 2.45) is 0 Å². The van der Waals surface area contributed by atoms with Gasteiger partial charge in [-0.3, -0.25) is 14.2 Å². The molecule has 0 aliphatic carbocycles. The SMILES string of the molecule is CC(C)(CF)Nc1c(C(=O)c2ccc(F)cc2F)ccc(=O)n1-c1ccccc1. The second-order valence-corrected chi connectivity index (χ2v) is 7.20.